The van der Waals surface area contributed by atoms with Crippen molar-refractivity contribution in [2.75, 3.05) is 24.2 Å². The molecule has 4 N–H and O–H groups in total. The van der Waals surface area contributed by atoms with Crippen molar-refractivity contribution in [3.05, 3.63) is 64.1 Å². The van der Waals surface area contributed by atoms with Crippen LogP contribution in [-0.2, 0) is 13.0 Å². The molecule has 2 aromatic carbocycles. The molecule has 2 heterocycles. The number of nitrogens with zero attached hydrogens (tertiary/aromatic N) is 4. The summed E-state index contributed by atoms with van der Waals surface area (Å²) in [5, 5.41) is 13.9. The monoisotopic (exact) mass is 427 g/mol. The number of hydrogen-bond acceptors (Lipinski definition) is 7. The van der Waals surface area contributed by atoms with Gasteiger partial charge in [0.25, 0.3) is 5.91 Å². The van der Waals surface area contributed by atoms with Crippen LogP contribution in [0.25, 0.3) is 0 Å². The number of carbonyl (C=O) groups excluding carboxylic acids is 1. The summed E-state index contributed by atoms with van der Waals surface area (Å²) in [5.41, 5.74) is 7.98. The summed E-state index contributed by atoms with van der Waals surface area (Å²) >= 11 is 6.16. The molecule has 0 atom stereocenters. The van der Waals surface area contributed by atoms with Crippen molar-refractivity contribution in [3.63, 3.8) is 0 Å². The Bertz CT molecular complexity index is 1120. The van der Waals surface area contributed by atoms with E-state index in [1.165, 1.54) is 6.07 Å². The lowest BCUT2D eigenvalue weighted by atomic mass is 9.99. The van der Waals surface area contributed by atoms with Gasteiger partial charge in [0, 0.05) is 13.1 Å². The standard InChI is InChI=1S/C20H19ClFN7O/c1-29-7-6-11-8-14(22)16(9-12(11)10-29)25-20-26-19(17(18(23)30)27-28-20)24-15-5-3-2-4-13(15)21/h2-5,8-9H,6-7,10H2,1H3,(H2,23,30)(H2,24,25,26,28). The average molecular weight is 428 g/mol. The van der Waals surface area contributed by atoms with Crippen LogP contribution in [0.3, 0.4) is 0 Å². The quantitative estimate of drug-likeness (QED) is 0.573. The van der Waals surface area contributed by atoms with E-state index in [1.54, 1.807) is 30.3 Å². The Kier molecular flexibility index (Phi) is 5.47. The summed E-state index contributed by atoms with van der Waals surface area (Å²) in [7, 11) is 2.02. The molecule has 0 saturated carbocycles. The van der Waals surface area contributed by atoms with Crippen LogP contribution < -0.4 is 16.4 Å². The Labute approximate surface area is 177 Å². The predicted octanol–water partition coefficient (Wildman–Crippen LogP) is 3.24. The first kappa shape index (κ1) is 20.0. The molecular weight excluding hydrogens is 409 g/mol. The first-order valence-corrected chi connectivity index (χ1v) is 9.61. The Hall–Kier alpha value is -3.30. The predicted molar refractivity (Wildman–Crippen MR) is 113 cm³/mol. The number of carbonyl (C=O) groups is 1. The van der Waals surface area contributed by atoms with E-state index in [1.807, 2.05) is 7.05 Å². The number of nitrogens with two attached hydrogens (primary N) is 1. The number of primary amides is 1. The SMILES string of the molecule is CN1CCc2cc(F)c(Nc3nnc(C(N)=O)c(Nc4ccccc4Cl)n3)cc2C1. The van der Waals surface area contributed by atoms with Gasteiger partial charge in [-0.3, -0.25) is 4.79 Å². The highest BCUT2D eigenvalue weighted by molar-refractivity contribution is 6.33. The third-order valence-electron chi connectivity index (χ3n) is 4.79. The van der Waals surface area contributed by atoms with E-state index in [0.29, 0.717) is 10.7 Å². The molecule has 0 unspecified atom stereocenters. The van der Waals surface area contributed by atoms with E-state index in [9.17, 15) is 9.18 Å². The second-order valence-corrected chi connectivity index (χ2v) is 7.42. The lowest BCUT2D eigenvalue weighted by Crippen LogP contribution is -2.26. The number of hydrogen-bond donors (Lipinski definition) is 3. The van der Waals surface area contributed by atoms with Crippen LogP contribution in [0, 0.1) is 5.82 Å². The lowest BCUT2D eigenvalue weighted by Gasteiger charge is -2.25. The molecule has 0 fully saturated rings. The summed E-state index contributed by atoms with van der Waals surface area (Å²) in [5.74, 6) is -1.15. The van der Waals surface area contributed by atoms with Gasteiger partial charge in [0.15, 0.2) is 11.5 Å². The van der Waals surface area contributed by atoms with E-state index in [-0.39, 0.29) is 23.1 Å². The highest BCUT2D eigenvalue weighted by atomic mass is 35.5. The van der Waals surface area contributed by atoms with Gasteiger partial charge in [-0.1, -0.05) is 23.7 Å². The Morgan fingerprint density at radius 3 is 2.73 bits per heavy atom. The van der Waals surface area contributed by atoms with Crippen LogP contribution >= 0.6 is 11.6 Å². The molecule has 30 heavy (non-hydrogen) atoms. The minimum atomic E-state index is -0.806. The minimum absolute atomic E-state index is 0.0116. The van der Waals surface area contributed by atoms with Crippen molar-refractivity contribution in [2.24, 2.45) is 5.73 Å². The molecule has 0 radical (unpaired) electrons. The van der Waals surface area contributed by atoms with Gasteiger partial charge in [-0.25, -0.2) is 4.39 Å². The van der Waals surface area contributed by atoms with E-state index in [2.05, 4.69) is 30.7 Å². The summed E-state index contributed by atoms with van der Waals surface area (Å²) in [6, 6.07) is 10.2. The number of aromatic nitrogens is 3. The summed E-state index contributed by atoms with van der Waals surface area (Å²) < 4.78 is 14.6. The molecule has 0 bridgehead atoms. The van der Waals surface area contributed by atoms with Crippen molar-refractivity contribution < 1.29 is 9.18 Å². The third-order valence-corrected chi connectivity index (χ3v) is 5.12. The fraction of sp³-hybridized carbons (Fsp3) is 0.200. The van der Waals surface area contributed by atoms with Crippen LogP contribution in [0.1, 0.15) is 21.6 Å². The number of likely N-dealkylation sites (N-methyl/N-ethyl adjacent to an activating group) is 1. The smallest absolute Gasteiger partial charge is 0.273 e. The van der Waals surface area contributed by atoms with Gasteiger partial charge in [-0.15, -0.1) is 10.2 Å². The second kappa shape index (κ2) is 8.21. The number of rotatable bonds is 5. The molecule has 3 aromatic rings. The number of fused-ring (bicyclic) bond motifs is 1. The Morgan fingerprint density at radius 2 is 1.97 bits per heavy atom. The number of anilines is 4. The number of benzene rings is 2. The van der Waals surface area contributed by atoms with Gasteiger partial charge in [0.05, 0.1) is 16.4 Å². The summed E-state index contributed by atoms with van der Waals surface area (Å²) in [6.45, 7) is 1.61. The molecule has 1 aliphatic heterocycles. The van der Waals surface area contributed by atoms with Gasteiger partial charge in [-0.05, 0) is 48.9 Å². The molecule has 4 rings (SSSR count). The van der Waals surface area contributed by atoms with E-state index < -0.39 is 11.7 Å². The molecule has 1 aromatic heterocycles. The molecular formula is C20H19ClFN7O. The van der Waals surface area contributed by atoms with Crippen molar-refractivity contribution in [1.82, 2.24) is 20.1 Å². The van der Waals surface area contributed by atoms with Gasteiger partial charge in [-0.2, -0.15) is 4.98 Å². The Balaban J connectivity index is 1.66. The topological polar surface area (TPSA) is 109 Å². The van der Waals surface area contributed by atoms with Crippen LogP contribution in [0.15, 0.2) is 36.4 Å². The van der Waals surface area contributed by atoms with Gasteiger partial charge >= 0.3 is 0 Å². The maximum absolute atomic E-state index is 14.6. The number of halogens is 2. The molecule has 10 heteroatoms. The molecule has 0 aliphatic carbocycles. The number of para-hydroxylation sites is 1. The zero-order valence-electron chi connectivity index (χ0n) is 16.1. The second-order valence-electron chi connectivity index (χ2n) is 7.02. The van der Waals surface area contributed by atoms with Gasteiger partial charge in [0.1, 0.15) is 5.82 Å². The maximum Gasteiger partial charge on any atom is 0.273 e. The minimum Gasteiger partial charge on any atom is -0.364 e. The molecule has 8 nitrogen and oxygen atoms in total. The molecule has 1 aliphatic rings. The van der Waals surface area contributed by atoms with Crippen molar-refractivity contribution in [3.8, 4) is 0 Å². The summed E-state index contributed by atoms with van der Waals surface area (Å²) in [4.78, 5) is 18.2. The highest BCUT2D eigenvalue weighted by Gasteiger charge is 2.19. The highest BCUT2D eigenvalue weighted by Crippen LogP contribution is 2.28. The van der Waals surface area contributed by atoms with Gasteiger partial charge in [0.2, 0.25) is 5.95 Å². The van der Waals surface area contributed by atoms with Crippen LogP contribution in [0.2, 0.25) is 5.02 Å². The number of nitrogens with one attached hydrogen (secondary N) is 2. The normalized spacial score (nSPS) is 13.6. The average Bonchev–Trinajstić information content (AvgIpc) is 2.70. The summed E-state index contributed by atoms with van der Waals surface area (Å²) in [6.07, 6.45) is 0.792. The van der Waals surface area contributed by atoms with E-state index >= 15 is 0 Å². The van der Waals surface area contributed by atoms with E-state index in [0.717, 1.165) is 30.6 Å². The van der Waals surface area contributed by atoms with Crippen LogP contribution in [0.4, 0.5) is 27.5 Å². The molecule has 154 valence electrons. The number of amides is 1. The van der Waals surface area contributed by atoms with Crippen LogP contribution in [0.5, 0.6) is 0 Å². The Morgan fingerprint density at radius 1 is 1.17 bits per heavy atom. The van der Waals surface area contributed by atoms with Crippen molar-refractivity contribution >= 4 is 40.6 Å². The van der Waals surface area contributed by atoms with Crippen molar-refractivity contribution in [2.45, 2.75) is 13.0 Å². The molecule has 0 saturated heterocycles. The third kappa shape index (κ3) is 4.17. The fourth-order valence-electron chi connectivity index (χ4n) is 3.26. The fourth-order valence-corrected chi connectivity index (χ4v) is 3.44. The first-order chi connectivity index (χ1) is 14.4. The lowest BCUT2D eigenvalue weighted by molar-refractivity contribution is 0.0995. The van der Waals surface area contributed by atoms with Gasteiger partial charge < -0.3 is 21.3 Å². The largest absolute Gasteiger partial charge is 0.364 e. The zero-order valence-corrected chi connectivity index (χ0v) is 16.9. The molecule has 1 amide bonds. The van der Waals surface area contributed by atoms with Crippen molar-refractivity contribution in [1.29, 1.82) is 0 Å². The van der Waals surface area contributed by atoms with Crippen LogP contribution in [-0.4, -0.2) is 39.6 Å². The zero-order chi connectivity index (χ0) is 21.3. The maximum atomic E-state index is 14.6. The first-order valence-electron chi connectivity index (χ1n) is 9.23. The van der Waals surface area contributed by atoms with E-state index in [4.69, 9.17) is 17.3 Å². The molecule has 0 spiro atoms.